The van der Waals surface area contributed by atoms with E-state index in [9.17, 15) is 5.26 Å². The van der Waals surface area contributed by atoms with E-state index < -0.39 is 0 Å². The van der Waals surface area contributed by atoms with Gasteiger partial charge in [0, 0.05) is 43.6 Å². The van der Waals surface area contributed by atoms with Crippen molar-refractivity contribution in [3.8, 4) is 23.1 Å². The van der Waals surface area contributed by atoms with Gasteiger partial charge in [-0.3, -0.25) is 4.98 Å². The summed E-state index contributed by atoms with van der Waals surface area (Å²) < 4.78 is 5.19. The van der Waals surface area contributed by atoms with E-state index in [0.29, 0.717) is 5.56 Å². The van der Waals surface area contributed by atoms with E-state index in [0.717, 1.165) is 60.3 Å². The molecule has 146 valence electrons. The van der Waals surface area contributed by atoms with E-state index in [4.69, 9.17) is 4.74 Å². The van der Waals surface area contributed by atoms with Gasteiger partial charge in [0.25, 0.3) is 0 Å². The van der Waals surface area contributed by atoms with Crippen LogP contribution in [-0.4, -0.2) is 43.3 Å². The number of nitrogens with one attached hydrogen (secondary N) is 2. The molecule has 6 heteroatoms. The molecule has 1 saturated heterocycles. The zero-order chi connectivity index (χ0) is 20.1. The Kier molecular flexibility index (Phi) is 5.59. The summed E-state index contributed by atoms with van der Waals surface area (Å²) in [5.74, 6) is 1.73. The van der Waals surface area contributed by atoms with Gasteiger partial charge in [0.1, 0.15) is 17.6 Å². The Labute approximate surface area is 170 Å². The van der Waals surface area contributed by atoms with Gasteiger partial charge in [-0.05, 0) is 42.0 Å². The second kappa shape index (κ2) is 8.63. The highest BCUT2D eigenvalue weighted by Crippen LogP contribution is 2.28. The van der Waals surface area contributed by atoms with Gasteiger partial charge in [-0.15, -0.1) is 0 Å². The average molecular weight is 385 g/mol. The first-order valence-electron chi connectivity index (χ1n) is 9.64. The van der Waals surface area contributed by atoms with Gasteiger partial charge in [-0.25, -0.2) is 0 Å². The highest BCUT2D eigenvalue weighted by atomic mass is 16.5. The minimum atomic E-state index is 0.675. The molecule has 0 amide bonds. The number of H-pyrrole nitrogens is 1. The van der Waals surface area contributed by atoms with E-state index in [-0.39, 0.29) is 0 Å². The first-order chi connectivity index (χ1) is 14.3. The van der Waals surface area contributed by atoms with Gasteiger partial charge >= 0.3 is 0 Å². The molecule has 3 heterocycles. The number of hydrogen-bond acceptors (Lipinski definition) is 5. The van der Waals surface area contributed by atoms with Crippen molar-refractivity contribution in [1.29, 1.82) is 5.26 Å². The van der Waals surface area contributed by atoms with Gasteiger partial charge in [-0.1, -0.05) is 18.2 Å². The maximum Gasteiger partial charge on any atom is 0.124 e. The molecule has 0 bridgehead atoms. The Bertz CT molecular complexity index is 1040. The Morgan fingerprint density at radius 1 is 1.10 bits per heavy atom. The number of ether oxygens (including phenoxy) is 1. The summed E-state index contributed by atoms with van der Waals surface area (Å²) in [4.78, 5) is 10.1. The largest absolute Gasteiger partial charge is 0.497 e. The van der Waals surface area contributed by atoms with E-state index in [1.54, 1.807) is 13.3 Å². The second-order valence-corrected chi connectivity index (χ2v) is 6.87. The van der Waals surface area contributed by atoms with Crippen LogP contribution in [0, 0.1) is 11.3 Å². The molecule has 1 aliphatic rings. The summed E-state index contributed by atoms with van der Waals surface area (Å²) >= 11 is 0. The molecule has 6 nitrogen and oxygen atoms in total. The molecule has 1 aromatic carbocycles. The molecule has 0 saturated carbocycles. The number of aromatic nitrogens is 2. The lowest BCUT2D eigenvalue weighted by molar-refractivity contribution is 0.415. The van der Waals surface area contributed by atoms with Crippen molar-refractivity contribution in [3.05, 3.63) is 65.5 Å². The minimum absolute atomic E-state index is 0.675. The normalized spacial score (nSPS) is 14.1. The van der Waals surface area contributed by atoms with Gasteiger partial charge in [-0.2, -0.15) is 5.26 Å². The van der Waals surface area contributed by atoms with Gasteiger partial charge < -0.3 is 19.9 Å². The molecule has 0 radical (unpaired) electrons. The van der Waals surface area contributed by atoms with Gasteiger partial charge in [0.2, 0.25) is 0 Å². The fraction of sp³-hybridized carbons (Fsp3) is 0.217. The SMILES string of the molecule is COc1ccc(/C=C/c2cc(-c3cc(C#N)c(N4CCNCC4)[nH]3)ccn2)cc1. The van der Waals surface area contributed by atoms with Crippen LogP contribution in [0.3, 0.4) is 0 Å². The molecule has 2 aromatic heterocycles. The number of aromatic amines is 1. The summed E-state index contributed by atoms with van der Waals surface area (Å²) in [6, 6.07) is 16.1. The first kappa shape index (κ1) is 18.8. The first-order valence-corrected chi connectivity index (χ1v) is 9.64. The number of pyridine rings is 1. The molecule has 0 atom stereocenters. The Morgan fingerprint density at radius 2 is 1.90 bits per heavy atom. The monoisotopic (exact) mass is 385 g/mol. The number of nitriles is 1. The predicted molar refractivity (Wildman–Crippen MR) is 116 cm³/mol. The summed E-state index contributed by atoms with van der Waals surface area (Å²) in [6.45, 7) is 3.63. The molecular formula is C23H23N5O. The van der Waals surface area contributed by atoms with Crippen LogP contribution in [0.1, 0.15) is 16.8 Å². The number of methoxy groups -OCH3 is 1. The zero-order valence-corrected chi connectivity index (χ0v) is 16.4. The number of nitrogens with zero attached hydrogens (tertiary/aromatic N) is 3. The van der Waals surface area contributed by atoms with Crippen molar-refractivity contribution in [2.75, 3.05) is 38.2 Å². The third-order valence-electron chi connectivity index (χ3n) is 5.00. The van der Waals surface area contributed by atoms with Crippen molar-refractivity contribution in [1.82, 2.24) is 15.3 Å². The van der Waals surface area contributed by atoms with E-state index >= 15 is 0 Å². The van der Waals surface area contributed by atoms with Crippen molar-refractivity contribution < 1.29 is 4.74 Å². The third-order valence-corrected chi connectivity index (χ3v) is 5.00. The maximum atomic E-state index is 9.57. The highest BCUT2D eigenvalue weighted by molar-refractivity contribution is 5.73. The number of rotatable bonds is 5. The molecule has 3 aromatic rings. The van der Waals surface area contributed by atoms with Crippen LogP contribution in [0.5, 0.6) is 5.75 Å². The average Bonchev–Trinajstić information content (AvgIpc) is 3.23. The summed E-state index contributed by atoms with van der Waals surface area (Å²) in [6.07, 6.45) is 5.80. The Morgan fingerprint density at radius 3 is 2.62 bits per heavy atom. The van der Waals surface area contributed by atoms with Crippen molar-refractivity contribution in [3.63, 3.8) is 0 Å². The lowest BCUT2D eigenvalue weighted by Crippen LogP contribution is -2.44. The number of benzene rings is 1. The smallest absolute Gasteiger partial charge is 0.124 e. The summed E-state index contributed by atoms with van der Waals surface area (Å²) in [7, 11) is 1.66. The second-order valence-electron chi connectivity index (χ2n) is 6.87. The van der Waals surface area contributed by atoms with Crippen LogP contribution >= 0.6 is 0 Å². The Hall–Kier alpha value is -3.56. The van der Waals surface area contributed by atoms with Crippen LogP contribution in [-0.2, 0) is 0 Å². The zero-order valence-electron chi connectivity index (χ0n) is 16.4. The van der Waals surface area contributed by atoms with E-state index in [1.807, 2.05) is 54.6 Å². The fourth-order valence-corrected chi connectivity index (χ4v) is 3.43. The van der Waals surface area contributed by atoms with Crippen LogP contribution in [0.15, 0.2) is 48.7 Å². The number of anilines is 1. The molecule has 29 heavy (non-hydrogen) atoms. The molecule has 0 aliphatic carbocycles. The number of hydrogen-bond donors (Lipinski definition) is 2. The third kappa shape index (κ3) is 4.31. The maximum absolute atomic E-state index is 9.57. The minimum Gasteiger partial charge on any atom is -0.497 e. The molecule has 0 unspecified atom stereocenters. The lowest BCUT2D eigenvalue weighted by atomic mass is 10.1. The van der Waals surface area contributed by atoms with Crippen molar-refractivity contribution in [2.45, 2.75) is 0 Å². The molecule has 2 N–H and O–H groups in total. The van der Waals surface area contributed by atoms with Crippen molar-refractivity contribution in [2.24, 2.45) is 0 Å². The summed E-state index contributed by atoms with van der Waals surface area (Å²) in [5.41, 5.74) is 4.54. The molecule has 1 aliphatic heterocycles. The Balaban J connectivity index is 1.57. The summed E-state index contributed by atoms with van der Waals surface area (Å²) in [5, 5.41) is 12.9. The van der Waals surface area contributed by atoms with Gasteiger partial charge in [0.15, 0.2) is 0 Å². The molecular weight excluding hydrogens is 362 g/mol. The van der Waals surface area contributed by atoms with Crippen LogP contribution < -0.4 is 15.0 Å². The van der Waals surface area contributed by atoms with Crippen LogP contribution in [0.25, 0.3) is 23.4 Å². The van der Waals surface area contributed by atoms with Gasteiger partial charge in [0.05, 0.1) is 18.4 Å². The fourth-order valence-electron chi connectivity index (χ4n) is 3.43. The van der Waals surface area contributed by atoms with E-state index in [1.165, 1.54) is 0 Å². The van der Waals surface area contributed by atoms with Crippen LogP contribution in [0.4, 0.5) is 5.82 Å². The molecule has 4 rings (SSSR count). The molecule has 1 fully saturated rings. The quantitative estimate of drug-likeness (QED) is 0.703. The van der Waals surface area contributed by atoms with E-state index in [2.05, 4.69) is 26.3 Å². The van der Waals surface area contributed by atoms with Crippen LogP contribution in [0.2, 0.25) is 0 Å². The topological polar surface area (TPSA) is 77.0 Å². The lowest BCUT2D eigenvalue weighted by Gasteiger charge is -2.28. The predicted octanol–water partition coefficient (Wildman–Crippen LogP) is 3.54. The standard InChI is InChI=1S/C23H23N5O/c1-29-21-6-3-17(4-7-21)2-5-20-14-18(8-9-26-20)22-15-19(16-24)23(27-22)28-12-10-25-11-13-28/h2-9,14-15,25,27H,10-13H2,1H3/b5-2+. The highest BCUT2D eigenvalue weighted by Gasteiger charge is 2.17. The number of piperazine rings is 1. The molecule has 0 spiro atoms. The van der Waals surface area contributed by atoms with Crippen molar-refractivity contribution >= 4 is 18.0 Å².